The van der Waals surface area contributed by atoms with Crippen LogP contribution in [0, 0.1) is 0 Å². The van der Waals surface area contributed by atoms with Crippen molar-refractivity contribution < 1.29 is 9.84 Å². The van der Waals surface area contributed by atoms with Crippen LogP contribution in [0.15, 0.2) is 42.5 Å². The monoisotopic (exact) mass is 273 g/mol. The van der Waals surface area contributed by atoms with E-state index in [1.54, 1.807) is 7.11 Å². The Morgan fingerprint density at radius 1 is 1.15 bits per heavy atom. The van der Waals surface area contributed by atoms with Crippen molar-refractivity contribution in [3.05, 3.63) is 48.0 Å². The van der Waals surface area contributed by atoms with Gasteiger partial charge in [0.05, 0.1) is 12.7 Å². The van der Waals surface area contributed by atoms with Crippen molar-refractivity contribution in [3.63, 3.8) is 0 Å². The van der Waals surface area contributed by atoms with Crippen molar-refractivity contribution >= 4 is 10.8 Å². The van der Waals surface area contributed by atoms with E-state index in [4.69, 9.17) is 4.74 Å². The topological polar surface area (TPSA) is 41.5 Å². The zero-order chi connectivity index (χ0) is 14.4. The molecule has 0 fully saturated rings. The predicted molar refractivity (Wildman–Crippen MR) is 82.9 cm³/mol. The van der Waals surface area contributed by atoms with E-state index in [0.29, 0.717) is 13.0 Å². The molecule has 2 unspecified atom stereocenters. The molecule has 0 saturated heterocycles. The Labute approximate surface area is 120 Å². The van der Waals surface area contributed by atoms with E-state index < -0.39 is 6.10 Å². The Hall–Kier alpha value is -1.42. The summed E-state index contributed by atoms with van der Waals surface area (Å²) in [5.41, 5.74) is 1.30. The van der Waals surface area contributed by atoms with Gasteiger partial charge in [-0.3, -0.25) is 0 Å². The highest BCUT2D eigenvalue weighted by molar-refractivity contribution is 5.86. The molecule has 0 heterocycles. The van der Waals surface area contributed by atoms with E-state index in [-0.39, 0.29) is 6.04 Å². The summed E-state index contributed by atoms with van der Waals surface area (Å²) >= 11 is 0. The first-order valence-corrected chi connectivity index (χ1v) is 7.10. The van der Waals surface area contributed by atoms with Crippen LogP contribution in [0.5, 0.6) is 0 Å². The normalized spacial score (nSPS) is 14.3. The Bertz CT molecular complexity index is 536. The van der Waals surface area contributed by atoms with Gasteiger partial charge in [0.2, 0.25) is 0 Å². The van der Waals surface area contributed by atoms with Crippen molar-refractivity contribution in [1.82, 2.24) is 5.32 Å². The minimum atomic E-state index is -0.396. The van der Waals surface area contributed by atoms with Crippen LogP contribution in [0.4, 0.5) is 0 Å². The fourth-order valence-electron chi connectivity index (χ4n) is 2.48. The molecule has 108 valence electrons. The third-order valence-corrected chi connectivity index (χ3v) is 3.58. The second-order valence-electron chi connectivity index (χ2n) is 5.14. The summed E-state index contributed by atoms with van der Waals surface area (Å²) in [5, 5.41) is 15.7. The van der Waals surface area contributed by atoms with Crippen molar-refractivity contribution in [2.24, 2.45) is 0 Å². The molecule has 2 aromatic carbocycles. The standard InChI is InChI=1S/C17H23NO2/c1-13(18-11-10-15(19)12-20-2)16-9-5-7-14-6-3-4-8-17(14)16/h3-9,13,15,18-19H,10-12H2,1-2H3. The highest BCUT2D eigenvalue weighted by Gasteiger charge is 2.09. The number of benzene rings is 2. The van der Waals surface area contributed by atoms with Gasteiger partial charge in [-0.25, -0.2) is 0 Å². The largest absolute Gasteiger partial charge is 0.391 e. The van der Waals surface area contributed by atoms with Gasteiger partial charge < -0.3 is 15.2 Å². The lowest BCUT2D eigenvalue weighted by atomic mass is 9.99. The number of ether oxygens (including phenoxy) is 1. The first-order valence-electron chi connectivity index (χ1n) is 7.10. The fraction of sp³-hybridized carbons (Fsp3) is 0.412. The lowest BCUT2D eigenvalue weighted by Gasteiger charge is -2.17. The molecule has 3 heteroatoms. The second-order valence-corrected chi connectivity index (χ2v) is 5.14. The number of aliphatic hydroxyl groups is 1. The lowest BCUT2D eigenvalue weighted by Crippen LogP contribution is -2.25. The molecule has 3 nitrogen and oxygen atoms in total. The molecule has 0 aliphatic rings. The quantitative estimate of drug-likeness (QED) is 0.815. The van der Waals surface area contributed by atoms with Crippen LogP contribution in [0.3, 0.4) is 0 Å². The molecular formula is C17H23NO2. The molecule has 0 aliphatic heterocycles. The third-order valence-electron chi connectivity index (χ3n) is 3.58. The Morgan fingerprint density at radius 3 is 2.70 bits per heavy atom. The SMILES string of the molecule is COCC(O)CCNC(C)c1cccc2ccccc12. The van der Waals surface area contributed by atoms with Gasteiger partial charge in [-0.05, 0) is 36.2 Å². The number of rotatable bonds is 7. The zero-order valence-corrected chi connectivity index (χ0v) is 12.2. The summed E-state index contributed by atoms with van der Waals surface area (Å²) in [7, 11) is 1.61. The van der Waals surface area contributed by atoms with Crippen LogP contribution in [-0.2, 0) is 4.74 Å². The summed E-state index contributed by atoms with van der Waals surface area (Å²) in [4.78, 5) is 0. The van der Waals surface area contributed by atoms with Crippen molar-refractivity contribution in [1.29, 1.82) is 0 Å². The lowest BCUT2D eigenvalue weighted by molar-refractivity contribution is 0.0591. The molecule has 0 spiro atoms. The van der Waals surface area contributed by atoms with Crippen LogP contribution in [0.25, 0.3) is 10.8 Å². The average Bonchev–Trinajstić information content (AvgIpc) is 2.47. The fourth-order valence-corrected chi connectivity index (χ4v) is 2.48. The van der Waals surface area contributed by atoms with E-state index in [9.17, 15) is 5.11 Å². The molecule has 0 aliphatic carbocycles. The maximum Gasteiger partial charge on any atom is 0.0785 e. The molecule has 2 N–H and O–H groups in total. The first-order chi connectivity index (χ1) is 9.72. The van der Waals surface area contributed by atoms with Gasteiger partial charge in [0.15, 0.2) is 0 Å². The molecule has 0 aromatic heterocycles. The Balaban J connectivity index is 1.99. The summed E-state index contributed by atoms with van der Waals surface area (Å²) in [6.45, 7) is 3.32. The number of fused-ring (bicyclic) bond motifs is 1. The van der Waals surface area contributed by atoms with Crippen LogP contribution in [-0.4, -0.2) is 31.5 Å². The van der Waals surface area contributed by atoms with Gasteiger partial charge >= 0.3 is 0 Å². The highest BCUT2D eigenvalue weighted by Crippen LogP contribution is 2.23. The summed E-state index contributed by atoms with van der Waals surface area (Å²) in [6, 6.07) is 15.1. The van der Waals surface area contributed by atoms with Gasteiger partial charge in [0, 0.05) is 13.2 Å². The van der Waals surface area contributed by atoms with Crippen molar-refractivity contribution in [3.8, 4) is 0 Å². The molecule has 0 bridgehead atoms. The minimum Gasteiger partial charge on any atom is -0.391 e. The Morgan fingerprint density at radius 2 is 1.90 bits per heavy atom. The van der Waals surface area contributed by atoms with E-state index in [0.717, 1.165) is 6.54 Å². The van der Waals surface area contributed by atoms with E-state index >= 15 is 0 Å². The summed E-state index contributed by atoms with van der Waals surface area (Å²) in [5.74, 6) is 0. The van der Waals surface area contributed by atoms with Gasteiger partial charge in [0.25, 0.3) is 0 Å². The summed E-state index contributed by atoms with van der Waals surface area (Å²) < 4.78 is 4.93. The van der Waals surface area contributed by atoms with Crippen LogP contribution >= 0.6 is 0 Å². The van der Waals surface area contributed by atoms with Crippen molar-refractivity contribution in [2.45, 2.75) is 25.5 Å². The molecule has 0 amide bonds. The smallest absolute Gasteiger partial charge is 0.0785 e. The van der Waals surface area contributed by atoms with Crippen LogP contribution < -0.4 is 5.32 Å². The Kier molecular flexibility index (Phi) is 5.53. The second kappa shape index (κ2) is 7.39. The molecule has 0 radical (unpaired) electrons. The maximum atomic E-state index is 9.64. The number of methoxy groups -OCH3 is 1. The number of hydrogen-bond donors (Lipinski definition) is 2. The average molecular weight is 273 g/mol. The van der Waals surface area contributed by atoms with E-state index in [2.05, 4.69) is 54.7 Å². The number of nitrogens with one attached hydrogen (secondary N) is 1. The first kappa shape index (κ1) is 15.0. The van der Waals surface area contributed by atoms with Gasteiger partial charge in [-0.15, -0.1) is 0 Å². The van der Waals surface area contributed by atoms with E-state index in [1.165, 1.54) is 16.3 Å². The van der Waals surface area contributed by atoms with Crippen LogP contribution in [0.1, 0.15) is 24.9 Å². The predicted octanol–water partition coefficient (Wildman–Crippen LogP) is 2.89. The van der Waals surface area contributed by atoms with Gasteiger partial charge in [-0.1, -0.05) is 42.5 Å². The minimum absolute atomic E-state index is 0.260. The van der Waals surface area contributed by atoms with Crippen LogP contribution in [0.2, 0.25) is 0 Å². The van der Waals surface area contributed by atoms with E-state index in [1.807, 2.05) is 0 Å². The maximum absolute atomic E-state index is 9.64. The third kappa shape index (κ3) is 3.79. The summed E-state index contributed by atoms with van der Waals surface area (Å²) in [6.07, 6.45) is 0.301. The number of hydrogen-bond acceptors (Lipinski definition) is 3. The molecule has 0 saturated carbocycles. The zero-order valence-electron chi connectivity index (χ0n) is 12.2. The highest BCUT2D eigenvalue weighted by atomic mass is 16.5. The molecular weight excluding hydrogens is 250 g/mol. The molecule has 20 heavy (non-hydrogen) atoms. The van der Waals surface area contributed by atoms with Gasteiger partial charge in [-0.2, -0.15) is 0 Å². The molecule has 2 aromatic rings. The number of aliphatic hydroxyl groups excluding tert-OH is 1. The van der Waals surface area contributed by atoms with Gasteiger partial charge in [0.1, 0.15) is 0 Å². The molecule has 2 atom stereocenters. The van der Waals surface area contributed by atoms with Crippen molar-refractivity contribution in [2.75, 3.05) is 20.3 Å². The molecule has 2 rings (SSSR count).